The summed E-state index contributed by atoms with van der Waals surface area (Å²) in [4.78, 5) is 25.4. The molecule has 2 aromatic carbocycles. The maximum atomic E-state index is 13.8. The Morgan fingerprint density at radius 1 is 1.09 bits per heavy atom. The van der Waals surface area contributed by atoms with E-state index in [2.05, 4.69) is 15.7 Å². The van der Waals surface area contributed by atoms with Crippen LogP contribution in [0.3, 0.4) is 0 Å². The summed E-state index contributed by atoms with van der Waals surface area (Å²) < 4.78 is 42.2. The highest BCUT2D eigenvalue weighted by Gasteiger charge is 2.47. The van der Waals surface area contributed by atoms with E-state index in [9.17, 15) is 22.8 Å². The number of hydrogen-bond acceptors (Lipinski definition) is 4. The number of carbonyl (C=O) groups excluding carboxylic acids is 2. The van der Waals surface area contributed by atoms with Crippen LogP contribution in [-0.2, 0) is 0 Å². The van der Waals surface area contributed by atoms with E-state index in [4.69, 9.17) is 0 Å². The van der Waals surface area contributed by atoms with Gasteiger partial charge in [0.1, 0.15) is 11.4 Å². The minimum Gasteiger partial charge on any atom is -0.363 e. The van der Waals surface area contributed by atoms with E-state index in [0.29, 0.717) is 11.1 Å². The van der Waals surface area contributed by atoms with Crippen LogP contribution in [-0.4, -0.2) is 33.7 Å². The van der Waals surface area contributed by atoms with Crippen molar-refractivity contribution < 1.29 is 22.8 Å². The van der Waals surface area contributed by atoms with Crippen molar-refractivity contribution in [1.29, 1.82) is 0 Å². The first-order valence-corrected chi connectivity index (χ1v) is 10.1. The van der Waals surface area contributed by atoms with E-state index in [-0.39, 0.29) is 23.6 Å². The third kappa shape index (κ3) is 4.23. The van der Waals surface area contributed by atoms with Gasteiger partial charge < -0.3 is 10.6 Å². The molecule has 32 heavy (non-hydrogen) atoms. The minimum absolute atomic E-state index is 0.0238. The third-order valence-electron chi connectivity index (χ3n) is 5.48. The molecule has 4 rings (SSSR count). The van der Waals surface area contributed by atoms with Crippen molar-refractivity contribution in [2.24, 2.45) is 0 Å². The number of benzene rings is 2. The molecule has 0 radical (unpaired) electrons. The Morgan fingerprint density at radius 3 is 2.34 bits per heavy atom. The van der Waals surface area contributed by atoms with Crippen molar-refractivity contribution in [2.45, 2.75) is 37.6 Å². The highest BCUT2D eigenvalue weighted by molar-refractivity contribution is 6.05. The molecule has 1 aliphatic heterocycles. The Bertz CT molecular complexity index is 1110. The second-order valence-corrected chi connectivity index (χ2v) is 7.68. The molecule has 2 unspecified atom stereocenters. The predicted octanol–water partition coefficient (Wildman–Crippen LogP) is 4.54. The van der Waals surface area contributed by atoms with Gasteiger partial charge in [-0.25, -0.2) is 4.68 Å². The molecular formula is C23H21F3N4O2. The average Bonchev–Trinajstić information content (AvgIpc) is 3.22. The van der Waals surface area contributed by atoms with Gasteiger partial charge in [-0.1, -0.05) is 60.7 Å². The molecule has 2 N–H and O–H groups in total. The molecule has 0 fully saturated rings. The molecule has 1 aliphatic rings. The van der Waals surface area contributed by atoms with Gasteiger partial charge >= 0.3 is 6.18 Å². The zero-order chi connectivity index (χ0) is 22.9. The zero-order valence-corrected chi connectivity index (χ0v) is 17.1. The number of hydrogen-bond donors (Lipinski definition) is 2. The Kier molecular flexibility index (Phi) is 5.73. The first-order chi connectivity index (χ1) is 15.3. The van der Waals surface area contributed by atoms with Gasteiger partial charge in [0.2, 0.25) is 0 Å². The average molecular weight is 442 g/mol. The number of anilines is 1. The van der Waals surface area contributed by atoms with Crippen LogP contribution >= 0.6 is 0 Å². The number of Topliss-reactive ketones (excluding diaryl/α,β-unsaturated/α-hetero) is 1. The molecule has 3 aromatic rings. The van der Waals surface area contributed by atoms with Crippen LogP contribution in [0.1, 0.15) is 51.7 Å². The summed E-state index contributed by atoms with van der Waals surface area (Å²) in [5, 5.41) is 9.46. The number of fused-ring (bicyclic) bond motifs is 1. The van der Waals surface area contributed by atoms with Crippen molar-refractivity contribution in [3.05, 3.63) is 83.6 Å². The summed E-state index contributed by atoms with van der Waals surface area (Å²) >= 11 is 0. The van der Waals surface area contributed by atoms with Gasteiger partial charge in [-0.3, -0.25) is 9.59 Å². The number of aromatic nitrogens is 2. The summed E-state index contributed by atoms with van der Waals surface area (Å²) in [5.41, 5.74) is 1.05. The molecule has 1 aromatic heterocycles. The molecule has 9 heteroatoms. The molecule has 0 aliphatic carbocycles. The standard InChI is InChI=1S/C23H21F3N4O2/c1-14(20(31)16-10-6-3-7-11-16)28-22(32)17-13-27-30-19(23(24,25)26)12-18(29-21(17)30)15-8-4-2-5-9-15/h2-11,13-14,18-19,29H,12H2,1H3,(H,28,32)/t14?,18-,19?/m0/s1. The molecule has 166 valence electrons. The Morgan fingerprint density at radius 2 is 1.72 bits per heavy atom. The molecule has 2 heterocycles. The first-order valence-electron chi connectivity index (χ1n) is 10.1. The van der Waals surface area contributed by atoms with E-state index >= 15 is 0 Å². The summed E-state index contributed by atoms with van der Waals surface area (Å²) in [5.74, 6) is -1.00. The van der Waals surface area contributed by atoms with Gasteiger partial charge in [0.25, 0.3) is 5.91 Å². The fourth-order valence-electron chi connectivity index (χ4n) is 3.83. The van der Waals surface area contributed by atoms with Crippen LogP contribution in [0.25, 0.3) is 0 Å². The maximum Gasteiger partial charge on any atom is 0.410 e. The van der Waals surface area contributed by atoms with Crippen molar-refractivity contribution in [3.8, 4) is 0 Å². The Labute approximate surface area is 182 Å². The predicted molar refractivity (Wildman–Crippen MR) is 112 cm³/mol. The normalized spacial score (nSPS) is 18.9. The number of amides is 1. The Hall–Kier alpha value is -3.62. The van der Waals surface area contributed by atoms with Crippen LogP contribution in [0.2, 0.25) is 0 Å². The van der Waals surface area contributed by atoms with Crippen molar-refractivity contribution in [3.63, 3.8) is 0 Å². The van der Waals surface area contributed by atoms with Crippen molar-refractivity contribution in [2.75, 3.05) is 5.32 Å². The number of ketones is 1. The van der Waals surface area contributed by atoms with Gasteiger partial charge in [0, 0.05) is 12.0 Å². The number of halogens is 3. The number of alkyl halides is 3. The monoisotopic (exact) mass is 442 g/mol. The highest BCUT2D eigenvalue weighted by Crippen LogP contribution is 2.44. The van der Waals surface area contributed by atoms with Crippen LogP contribution in [0.4, 0.5) is 19.0 Å². The number of nitrogens with zero attached hydrogens (tertiary/aromatic N) is 2. The van der Waals surface area contributed by atoms with E-state index < -0.39 is 30.2 Å². The summed E-state index contributed by atoms with van der Waals surface area (Å²) in [6.07, 6.45) is -3.70. The van der Waals surface area contributed by atoms with E-state index in [0.717, 1.165) is 10.9 Å². The van der Waals surface area contributed by atoms with Crippen LogP contribution in [0.5, 0.6) is 0 Å². The number of nitrogens with one attached hydrogen (secondary N) is 2. The molecule has 0 spiro atoms. The largest absolute Gasteiger partial charge is 0.410 e. The van der Waals surface area contributed by atoms with Gasteiger partial charge in [-0.2, -0.15) is 18.3 Å². The molecule has 1 amide bonds. The van der Waals surface area contributed by atoms with Gasteiger partial charge in [-0.15, -0.1) is 0 Å². The number of rotatable bonds is 5. The van der Waals surface area contributed by atoms with Crippen LogP contribution in [0, 0.1) is 0 Å². The molecule has 3 atom stereocenters. The molecule has 0 saturated carbocycles. The summed E-state index contributed by atoms with van der Waals surface area (Å²) in [6.45, 7) is 1.53. The molecular weight excluding hydrogens is 421 g/mol. The molecule has 6 nitrogen and oxygen atoms in total. The van der Waals surface area contributed by atoms with Gasteiger partial charge in [0.05, 0.1) is 18.3 Å². The Balaban J connectivity index is 1.61. The highest BCUT2D eigenvalue weighted by atomic mass is 19.4. The van der Waals surface area contributed by atoms with Crippen molar-refractivity contribution >= 4 is 17.5 Å². The van der Waals surface area contributed by atoms with E-state index in [1.54, 1.807) is 60.7 Å². The minimum atomic E-state index is -4.54. The van der Waals surface area contributed by atoms with Gasteiger partial charge in [0.15, 0.2) is 11.8 Å². The molecule has 0 bridgehead atoms. The smallest absolute Gasteiger partial charge is 0.363 e. The second-order valence-electron chi connectivity index (χ2n) is 7.68. The lowest BCUT2D eigenvalue weighted by Crippen LogP contribution is -2.40. The first kappa shape index (κ1) is 21.6. The summed E-state index contributed by atoms with van der Waals surface area (Å²) in [7, 11) is 0. The van der Waals surface area contributed by atoms with E-state index in [1.807, 2.05) is 0 Å². The van der Waals surface area contributed by atoms with E-state index in [1.165, 1.54) is 6.92 Å². The molecule has 0 saturated heterocycles. The lowest BCUT2D eigenvalue weighted by Gasteiger charge is -2.34. The van der Waals surface area contributed by atoms with Crippen molar-refractivity contribution in [1.82, 2.24) is 15.1 Å². The SMILES string of the molecule is CC(NC(=O)c1cnn2c1N[C@H](c1ccccc1)CC2C(F)(F)F)C(=O)c1ccccc1. The number of carbonyl (C=O) groups is 2. The quantitative estimate of drug-likeness (QED) is 0.569. The van der Waals surface area contributed by atoms with Crippen LogP contribution < -0.4 is 10.6 Å². The summed E-state index contributed by atoms with van der Waals surface area (Å²) in [6, 6.07) is 13.8. The lowest BCUT2D eigenvalue weighted by atomic mass is 9.96. The van der Waals surface area contributed by atoms with Crippen LogP contribution in [0.15, 0.2) is 66.9 Å². The third-order valence-corrected chi connectivity index (χ3v) is 5.48. The topological polar surface area (TPSA) is 76.0 Å². The zero-order valence-electron chi connectivity index (χ0n) is 17.1. The fraction of sp³-hybridized carbons (Fsp3) is 0.261. The van der Waals surface area contributed by atoms with Gasteiger partial charge in [-0.05, 0) is 12.5 Å². The lowest BCUT2D eigenvalue weighted by molar-refractivity contribution is -0.173. The second kappa shape index (κ2) is 8.49. The fourth-order valence-corrected chi connectivity index (χ4v) is 3.83. The maximum absolute atomic E-state index is 13.8.